The van der Waals surface area contributed by atoms with Gasteiger partial charge in [0.15, 0.2) is 17.5 Å². The second-order valence-electron chi connectivity index (χ2n) is 15.1. The molecule has 2 aromatic heterocycles. The zero-order valence-electron chi connectivity index (χ0n) is 31.0. The zero-order valence-corrected chi connectivity index (χ0v) is 31.0. The fourth-order valence-corrected chi connectivity index (χ4v) is 8.85. The van der Waals surface area contributed by atoms with Crippen molar-refractivity contribution in [2.24, 2.45) is 0 Å². The minimum absolute atomic E-state index is 0.120. The molecule has 8 aromatic carbocycles. The van der Waals surface area contributed by atoms with Crippen LogP contribution in [0.5, 0.6) is 0 Å². The number of aromatic nitrogens is 3. The first-order valence-corrected chi connectivity index (χ1v) is 19.1. The maximum atomic E-state index is 6.54. The van der Waals surface area contributed by atoms with E-state index in [1.54, 1.807) is 0 Å². The molecule has 264 valence electrons. The molecule has 0 aliphatic heterocycles. The summed E-state index contributed by atoms with van der Waals surface area (Å²) in [6.45, 7) is 4.68. The number of para-hydroxylation sites is 1. The third-order valence-corrected chi connectivity index (χ3v) is 11.6. The summed E-state index contributed by atoms with van der Waals surface area (Å²) < 4.78 is 6.54. The molecule has 4 heteroatoms. The van der Waals surface area contributed by atoms with Gasteiger partial charge in [-0.3, -0.25) is 0 Å². The average Bonchev–Trinajstić information content (AvgIpc) is 3.75. The number of hydrogen-bond donors (Lipinski definition) is 0. The minimum atomic E-state index is -0.120. The number of furan rings is 1. The van der Waals surface area contributed by atoms with Crippen molar-refractivity contribution in [3.8, 4) is 67.5 Å². The van der Waals surface area contributed by atoms with Gasteiger partial charge in [0.2, 0.25) is 0 Å². The number of fused-ring (bicyclic) bond motifs is 7. The van der Waals surface area contributed by atoms with Gasteiger partial charge in [-0.2, -0.15) is 0 Å². The van der Waals surface area contributed by atoms with Gasteiger partial charge in [0.25, 0.3) is 0 Å². The fourth-order valence-electron chi connectivity index (χ4n) is 8.85. The summed E-state index contributed by atoms with van der Waals surface area (Å²) in [5, 5.41) is 4.38. The van der Waals surface area contributed by atoms with E-state index in [4.69, 9.17) is 19.4 Å². The Labute approximate surface area is 324 Å². The predicted molar refractivity (Wildman–Crippen MR) is 229 cm³/mol. The molecule has 0 unspecified atom stereocenters. The Morgan fingerprint density at radius 2 is 0.911 bits per heavy atom. The molecule has 0 bridgehead atoms. The topological polar surface area (TPSA) is 51.8 Å². The molecule has 56 heavy (non-hydrogen) atoms. The highest BCUT2D eigenvalue weighted by molar-refractivity contribution is 6.19. The Bertz CT molecular complexity index is 3100. The number of nitrogens with zero attached hydrogens (tertiary/aromatic N) is 3. The highest BCUT2D eigenvalue weighted by atomic mass is 16.3. The second kappa shape index (κ2) is 12.4. The van der Waals surface area contributed by atoms with E-state index in [0.717, 1.165) is 66.1 Å². The van der Waals surface area contributed by atoms with Crippen molar-refractivity contribution in [1.82, 2.24) is 15.0 Å². The summed E-state index contributed by atoms with van der Waals surface area (Å²) in [7, 11) is 0. The minimum Gasteiger partial charge on any atom is -0.456 e. The third kappa shape index (κ3) is 4.96. The lowest BCUT2D eigenvalue weighted by atomic mass is 9.80. The van der Waals surface area contributed by atoms with E-state index in [0.29, 0.717) is 17.5 Å². The highest BCUT2D eigenvalue weighted by Crippen LogP contribution is 2.51. The molecular weight excluding hydrogens is 683 g/mol. The number of rotatable bonds is 5. The van der Waals surface area contributed by atoms with Crippen LogP contribution in [-0.4, -0.2) is 15.0 Å². The van der Waals surface area contributed by atoms with Crippen LogP contribution in [0.15, 0.2) is 180 Å². The Balaban J connectivity index is 1.17. The molecule has 0 fully saturated rings. The maximum Gasteiger partial charge on any atom is 0.164 e. The fraction of sp³-hybridized carbons (Fsp3) is 0.0577. The molecule has 0 atom stereocenters. The molecular formula is C52H35N3O. The van der Waals surface area contributed by atoms with E-state index in [-0.39, 0.29) is 5.41 Å². The van der Waals surface area contributed by atoms with Crippen molar-refractivity contribution >= 4 is 32.7 Å². The summed E-state index contributed by atoms with van der Waals surface area (Å²) in [4.78, 5) is 15.2. The van der Waals surface area contributed by atoms with E-state index < -0.39 is 0 Å². The normalized spacial score (nSPS) is 13.0. The monoisotopic (exact) mass is 717 g/mol. The van der Waals surface area contributed by atoms with Gasteiger partial charge in [0.05, 0.1) is 0 Å². The largest absolute Gasteiger partial charge is 0.456 e. The molecule has 0 amide bonds. The van der Waals surface area contributed by atoms with Crippen LogP contribution in [0, 0.1) is 0 Å². The van der Waals surface area contributed by atoms with Gasteiger partial charge < -0.3 is 4.42 Å². The van der Waals surface area contributed by atoms with Crippen molar-refractivity contribution in [3.63, 3.8) is 0 Å². The molecule has 4 nitrogen and oxygen atoms in total. The van der Waals surface area contributed by atoms with Crippen LogP contribution >= 0.6 is 0 Å². The molecule has 0 saturated carbocycles. The molecule has 11 rings (SSSR count). The maximum absolute atomic E-state index is 6.54. The van der Waals surface area contributed by atoms with E-state index in [1.807, 2.05) is 66.7 Å². The second-order valence-corrected chi connectivity index (χ2v) is 15.1. The molecule has 0 radical (unpaired) electrons. The van der Waals surface area contributed by atoms with Crippen molar-refractivity contribution in [2.45, 2.75) is 19.3 Å². The highest BCUT2D eigenvalue weighted by Gasteiger charge is 2.35. The molecule has 1 aliphatic rings. The molecule has 10 aromatic rings. The summed E-state index contributed by atoms with van der Waals surface area (Å²) >= 11 is 0. The quantitative estimate of drug-likeness (QED) is 0.178. The lowest BCUT2D eigenvalue weighted by Crippen LogP contribution is -2.14. The molecule has 0 spiro atoms. The molecule has 0 N–H and O–H groups in total. The average molecular weight is 718 g/mol. The third-order valence-electron chi connectivity index (χ3n) is 11.6. The van der Waals surface area contributed by atoms with E-state index >= 15 is 0 Å². The van der Waals surface area contributed by atoms with Gasteiger partial charge in [-0.25, -0.2) is 15.0 Å². The van der Waals surface area contributed by atoms with Crippen molar-refractivity contribution in [3.05, 3.63) is 187 Å². The SMILES string of the molecule is CC1(C)c2ccccc2-c2ccc(-c3ccc4oc5ccccc5c4c3-c3ccc(-c4nc(-c5ccccc5)nc(-c5ccccc5)n4)c4ccccc34)cc21. The van der Waals surface area contributed by atoms with Crippen LogP contribution in [0.4, 0.5) is 0 Å². The van der Waals surface area contributed by atoms with E-state index in [1.165, 1.54) is 27.8 Å². The molecule has 2 heterocycles. The van der Waals surface area contributed by atoms with E-state index in [9.17, 15) is 0 Å². The summed E-state index contributed by atoms with van der Waals surface area (Å²) in [5.41, 5.74) is 14.4. The Hall–Kier alpha value is -7.17. The van der Waals surface area contributed by atoms with Crippen molar-refractivity contribution in [2.75, 3.05) is 0 Å². The van der Waals surface area contributed by atoms with Crippen molar-refractivity contribution < 1.29 is 4.42 Å². The molecule has 0 saturated heterocycles. The van der Waals surface area contributed by atoms with Crippen LogP contribution in [-0.2, 0) is 5.41 Å². The molecule has 1 aliphatic carbocycles. The first-order chi connectivity index (χ1) is 27.5. The van der Waals surface area contributed by atoms with Crippen molar-refractivity contribution in [1.29, 1.82) is 0 Å². The van der Waals surface area contributed by atoms with Gasteiger partial charge in [-0.1, -0.05) is 166 Å². The lowest BCUT2D eigenvalue weighted by molar-refractivity contribution is 0.660. The number of benzene rings is 8. The Kier molecular flexibility index (Phi) is 7.17. The Morgan fingerprint density at radius 1 is 0.375 bits per heavy atom. The smallest absolute Gasteiger partial charge is 0.164 e. The van der Waals surface area contributed by atoms with Gasteiger partial charge in [0.1, 0.15) is 11.2 Å². The van der Waals surface area contributed by atoms with Crippen LogP contribution in [0.25, 0.3) is 100 Å². The van der Waals surface area contributed by atoms with Crippen LogP contribution in [0.3, 0.4) is 0 Å². The summed E-state index contributed by atoms with van der Waals surface area (Å²) in [5.74, 6) is 1.91. The Morgan fingerprint density at radius 3 is 1.64 bits per heavy atom. The summed E-state index contributed by atoms with van der Waals surface area (Å²) in [6.07, 6.45) is 0. The van der Waals surface area contributed by atoms with Gasteiger partial charge in [-0.05, 0) is 74.0 Å². The lowest BCUT2D eigenvalue weighted by Gasteiger charge is -2.22. The van der Waals surface area contributed by atoms with Gasteiger partial charge >= 0.3 is 0 Å². The first-order valence-electron chi connectivity index (χ1n) is 19.1. The first kappa shape index (κ1) is 32.3. The van der Waals surface area contributed by atoms with Crippen LogP contribution < -0.4 is 0 Å². The van der Waals surface area contributed by atoms with Crippen LogP contribution in [0.1, 0.15) is 25.0 Å². The predicted octanol–water partition coefficient (Wildman–Crippen LogP) is 13.6. The van der Waals surface area contributed by atoms with Gasteiger partial charge in [0, 0.05) is 38.4 Å². The van der Waals surface area contributed by atoms with E-state index in [2.05, 4.69) is 123 Å². The zero-order chi connectivity index (χ0) is 37.4. The number of hydrogen-bond acceptors (Lipinski definition) is 4. The van der Waals surface area contributed by atoms with Gasteiger partial charge in [-0.15, -0.1) is 0 Å². The standard InChI is InChI=1S/C52H35N3O/c1-52(2)43-23-13-11-21-38(43)39-26-25-34(31-44(39)52)35-29-30-46-48(42-22-12-14-24-45(42)56-46)47(35)40-27-28-41(37-20-10-9-19-36(37)40)51-54-49(32-15-5-3-6-16-32)53-50(55-51)33-17-7-4-8-18-33/h3-31H,1-2H3. The van der Waals surface area contributed by atoms with Crippen LogP contribution in [0.2, 0.25) is 0 Å². The summed E-state index contributed by atoms with van der Waals surface area (Å²) in [6, 6.07) is 61.9.